The molecule has 0 radical (unpaired) electrons. The molecule has 4 fully saturated rings. The third-order valence-electron chi connectivity index (χ3n) is 14.8. The molecule has 1 atom stereocenters. The highest BCUT2D eigenvalue weighted by molar-refractivity contribution is 7.92. The summed E-state index contributed by atoms with van der Waals surface area (Å²) in [4.78, 5) is 70.8. The van der Waals surface area contributed by atoms with Gasteiger partial charge in [-0.25, -0.2) is 13.4 Å². The molecular weight excluding hydrogens is 922 g/mol. The number of imide groups is 2. The summed E-state index contributed by atoms with van der Waals surface area (Å²) in [7, 11) is -1.82. The molecule has 1 unspecified atom stereocenters. The predicted molar refractivity (Wildman–Crippen MR) is 265 cm³/mol. The smallest absolute Gasteiger partial charge is 0.262 e. The van der Waals surface area contributed by atoms with Gasteiger partial charge in [0.15, 0.2) is 5.82 Å². The first kappa shape index (κ1) is 46.7. The lowest BCUT2D eigenvalue weighted by molar-refractivity contribution is -0.136. The van der Waals surface area contributed by atoms with Crippen LogP contribution in [-0.2, 0) is 26.0 Å². The fourth-order valence-electron chi connectivity index (χ4n) is 10.9. The second-order valence-corrected chi connectivity index (χ2v) is 21.2. The van der Waals surface area contributed by atoms with E-state index < -0.39 is 33.8 Å². The zero-order chi connectivity index (χ0) is 48.0. The number of fused-ring (bicyclic) bond motifs is 2. The van der Waals surface area contributed by atoms with Gasteiger partial charge in [0.1, 0.15) is 16.8 Å². The molecule has 4 saturated heterocycles. The molecular formula is C49H58ClN11O7S. The van der Waals surface area contributed by atoms with Crippen molar-refractivity contribution in [1.29, 1.82) is 0 Å². The molecule has 6 aliphatic rings. The van der Waals surface area contributed by atoms with Gasteiger partial charge in [0, 0.05) is 88.8 Å². The largest absolute Gasteiger partial charge is 0.494 e. The van der Waals surface area contributed by atoms with Crippen molar-refractivity contribution in [2.45, 2.75) is 63.5 Å². The topological polar surface area (TPSA) is 193 Å². The number of ether oxygens (including phenoxy) is 1. The zero-order valence-corrected chi connectivity index (χ0v) is 40.5. The second kappa shape index (κ2) is 19.4. The van der Waals surface area contributed by atoms with E-state index >= 15 is 0 Å². The molecule has 18 nitrogen and oxygen atoms in total. The first-order chi connectivity index (χ1) is 33.3. The number of piperidine rings is 3. The number of halogens is 1. The van der Waals surface area contributed by atoms with Gasteiger partial charge in [0.2, 0.25) is 27.8 Å². The monoisotopic (exact) mass is 979 g/mol. The quantitative estimate of drug-likeness (QED) is 0.147. The van der Waals surface area contributed by atoms with Crippen molar-refractivity contribution in [1.82, 2.24) is 30.0 Å². The molecule has 7 heterocycles. The summed E-state index contributed by atoms with van der Waals surface area (Å²) in [6.07, 6.45) is 9.06. The van der Waals surface area contributed by atoms with E-state index in [0.717, 1.165) is 113 Å². The lowest BCUT2D eigenvalue weighted by Gasteiger charge is -2.43. The van der Waals surface area contributed by atoms with Crippen LogP contribution >= 0.6 is 11.6 Å². The van der Waals surface area contributed by atoms with Gasteiger partial charge in [-0.3, -0.25) is 38.6 Å². The number of para-hydroxylation sites is 1. The fourth-order valence-corrected chi connectivity index (χ4v) is 12.0. The van der Waals surface area contributed by atoms with E-state index in [0.29, 0.717) is 75.7 Å². The Morgan fingerprint density at radius 2 is 1.49 bits per heavy atom. The highest BCUT2D eigenvalue weighted by atomic mass is 35.5. The number of hydrogen-bond acceptors (Lipinski definition) is 15. The molecule has 3 N–H and O–H groups in total. The lowest BCUT2D eigenvalue weighted by atomic mass is 9.92. The van der Waals surface area contributed by atoms with Gasteiger partial charge in [-0.1, -0.05) is 23.7 Å². The Labute approximate surface area is 407 Å². The van der Waals surface area contributed by atoms with Crippen LogP contribution in [0.5, 0.6) is 5.75 Å². The number of piperazine rings is 1. The van der Waals surface area contributed by atoms with Gasteiger partial charge < -0.3 is 30.1 Å². The molecule has 10 rings (SSSR count). The van der Waals surface area contributed by atoms with Crippen molar-refractivity contribution >= 4 is 85.5 Å². The number of hydrogen-bond donors (Lipinski definition) is 3. The number of rotatable bonds is 13. The summed E-state index contributed by atoms with van der Waals surface area (Å²) < 4.78 is 32.4. The molecule has 1 aromatic heterocycles. The number of carbonyl (C=O) groups excluding carboxylic acids is 4. The van der Waals surface area contributed by atoms with Gasteiger partial charge in [-0.05, 0) is 99.4 Å². The van der Waals surface area contributed by atoms with E-state index in [1.807, 2.05) is 36.4 Å². The van der Waals surface area contributed by atoms with Gasteiger partial charge in [-0.2, -0.15) is 4.98 Å². The molecule has 4 aromatic rings. The van der Waals surface area contributed by atoms with Gasteiger partial charge in [0.05, 0.1) is 47.8 Å². The molecule has 0 saturated carbocycles. The van der Waals surface area contributed by atoms with Crippen LogP contribution in [0, 0.1) is 5.92 Å². The zero-order valence-electron chi connectivity index (χ0n) is 39.0. The maximum absolute atomic E-state index is 13.4. The number of carbonyl (C=O) groups is 4. The third kappa shape index (κ3) is 9.65. The SMILES string of the molecule is COc1cc(N2CCC(N3CCN(CCC4CCN(c5ccc6c(c5)C(=O)N(C5CCC(=O)NC5=O)C6=O)CC4)CC3)CC2)ccc1Nc1ncc(Cl)c(Nc2cccc3c2N(S(C)(=O)=O)CC3)n1. The Hall–Kier alpha value is -6.02. The summed E-state index contributed by atoms with van der Waals surface area (Å²) in [6, 6.07) is 16.7. The maximum Gasteiger partial charge on any atom is 0.262 e. The minimum Gasteiger partial charge on any atom is -0.494 e. The molecule has 3 aromatic carbocycles. The number of anilines is 7. The lowest BCUT2D eigenvalue weighted by Crippen LogP contribution is -2.54. The van der Waals surface area contributed by atoms with E-state index in [2.05, 4.69) is 51.6 Å². The van der Waals surface area contributed by atoms with Crippen LogP contribution in [0.25, 0.3) is 0 Å². The standard InChI is InChI=1S/C49H58ClN11O7S/c1-68-42-29-35(7-9-39(42)53-49-51-30-38(50)45(55-49)52-40-5-3-4-32-15-23-60(44(32)40)69(2,66)67)58-21-16-33(17-22-58)59-26-24-56(25-27-59)18-12-31-13-19-57(20-14-31)34-6-8-36-37(28-34)48(65)61(47(36)64)41-10-11-43(62)54-46(41)63/h3-9,28-31,33,41H,10-27H2,1-2H3,(H,54,62,63)(H2,51,52,53,55). The first-order valence-corrected chi connectivity index (χ1v) is 26.2. The van der Waals surface area contributed by atoms with Crippen molar-refractivity contribution in [3.05, 3.63) is 82.5 Å². The van der Waals surface area contributed by atoms with Crippen LogP contribution < -0.4 is 34.8 Å². The molecule has 6 aliphatic heterocycles. The predicted octanol–water partition coefficient (Wildman–Crippen LogP) is 5.24. The molecule has 0 spiro atoms. The summed E-state index contributed by atoms with van der Waals surface area (Å²) in [5.74, 6) is 0.00723. The van der Waals surface area contributed by atoms with Crippen molar-refractivity contribution in [2.24, 2.45) is 5.92 Å². The van der Waals surface area contributed by atoms with Crippen LogP contribution in [-0.4, -0.2) is 148 Å². The van der Waals surface area contributed by atoms with E-state index in [9.17, 15) is 27.6 Å². The van der Waals surface area contributed by atoms with E-state index in [-0.39, 0.29) is 18.7 Å². The molecule has 0 aliphatic carbocycles. The van der Waals surface area contributed by atoms with Crippen LogP contribution in [0.2, 0.25) is 5.02 Å². The number of benzene rings is 3. The number of amides is 4. The van der Waals surface area contributed by atoms with Gasteiger partial charge in [0.25, 0.3) is 11.8 Å². The Kier molecular flexibility index (Phi) is 13.1. The summed E-state index contributed by atoms with van der Waals surface area (Å²) in [6.45, 7) is 9.46. The van der Waals surface area contributed by atoms with Crippen LogP contribution in [0.1, 0.15) is 71.2 Å². The van der Waals surface area contributed by atoms with Gasteiger partial charge in [-0.15, -0.1) is 0 Å². The van der Waals surface area contributed by atoms with Crippen molar-refractivity contribution in [3.8, 4) is 5.75 Å². The molecule has 0 bridgehead atoms. The van der Waals surface area contributed by atoms with Crippen LogP contribution in [0.3, 0.4) is 0 Å². The Morgan fingerprint density at radius 1 is 0.783 bits per heavy atom. The molecule has 20 heteroatoms. The average Bonchev–Trinajstić information content (AvgIpc) is 3.91. The Balaban J connectivity index is 0.665. The van der Waals surface area contributed by atoms with E-state index in [4.69, 9.17) is 16.3 Å². The molecule has 364 valence electrons. The number of sulfonamides is 1. The first-order valence-electron chi connectivity index (χ1n) is 24.0. The number of nitrogens with zero attached hydrogens (tertiary/aromatic N) is 8. The number of aromatic nitrogens is 2. The maximum atomic E-state index is 13.4. The van der Waals surface area contributed by atoms with Gasteiger partial charge >= 0.3 is 0 Å². The summed E-state index contributed by atoms with van der Waals surface area (Å²) in [5.41, 5.74) is 5.48. The highest BCUT2D eigenvalue weighted by Crippen LogP contribution is 2.40. The molecule has 4 amide bonds. The normalized spacial score (nSPS) is 20.9. The minimum absolute atomic E-state index is 0.0974. The fraction of sp³-hybridized carbons (Fsp3) is 0.469. The second-order valence-electron chi connectivity index (χ2n) is 18.9. The molecule has 69 heavy (non-hydrogen) atoms. The minimum atomic E-state index is -3.46. The summed E-state index contributed by atoms with van der Waals surface area (Å²) in [5, 5.41) is 9.08. The third-order valence-corrected chi connectivity index (χ3v) is 16.2. The Morgan fingerprint density at radius 3 is 2.22 bits per heavy atom. The van der Waals surface area contributed by atoms with Crippen LogP contribution in [0.4, 0.5) is 40.2 Å². The van der Waals surface area contributed by atoms with Crippen LogP contribution in [0.15, 0.2) is 60.8 Å². The highest BCUT2D eigenvalue weighted by Gasteiger charge is 2.45. The Bertz CT molecular complexity index is 2770. The van der Waals surface area contributed by atoms with Crippen molar-refractivity contribution < 1.29 is 32.3 Å². The van der Waals surface area contributed by atoms with E-state index in [1.165, 1.54) is 16.8 Å². The van der Waals surface area contributed by atoms with E-state index in [1.54, 1.807) is 19.2 Å². The summed E-state index contributed by atoms with van der Waals surface area (Å²) >= 11 is 6.54. The average molecular weight is 981 g/mol. The van der Waals surface area contributed by atoms with Crippen molar-refractivity contribution in [3.63, 3.8) is 0 Å². The number of nitrogens with one attached hydrogen (secondary N) is 3. The van der Waals surface area contributed by atoms with Crippen molar-refractivity contribution in [2.75, 3.05) is 104 Å². The number of methoxy groups -OCH3 is 1.